The van der Waals surface area contributed by atoms with E-state index in [0.29, 0.717) is 12.0 Å². The van der Waals surface area contributed by atoms with Crippen molar-refractivity contribution in [2.75, 3.05) is 13.1 Å². The number of benzene rings is 1. The van der Waals surface area contributed by atoms with Gasteiger partial charge in [-0.1, -0.05) is 42.8 Å². The van der Waals surface area contributed by atoms with Crippen LogP contribution in [0.15, 0.2) is 42.0 Å². The maximum Gasteiger partial charge on any atom is 0.249 e. The SMILES string of the molecule is NC(=O)C(O)CCC1=CCCN(CCCCCc2ccccc2)C1=O. The molecule has 3 N–H and O–H groups in total. The van der Waals surface area contributed by atoms with E-state index < -0.39 is 12.0 Å². The molecule has 1 aliphatic rings. The second-order valence-electron chi connectivity index (χ2n) is 6.56. The number of aryl methyl sites for hydroxylation is 1. The van der Waals surface area contributed by atoms with Crippen molar-refractivity contribution >= 4 is 11.8 Å². The number of rotatable bonds is 10. The first kappa shape index (κ1) is 19.2. The van der Waals surface area contributed by atoms with E-state index >= 15 is 0 Å². The molecule has 1 atom stereocenters. The summed E-state index contributed by atoms with van der Waals surface area (Å²) in [6.45, 7) is 1.52. The average molecular weight is 344 g/mol. The van der Waals surface area contributed by atoms with Gasteiger partial charge in [0.05, 0.1) is 0 Å². The lowest BCUT2D eigenvalue weighted by atomic mass is 10.0. The fourth-order valence-electron chi connectivity index (χ4n) is 3.10. The molecule has 5 heteroatoms. The molecule has 0 spiro atoms. The highest BCUT2D eigenvalue weighted by Gasteiger charge is 2.22. The van der Waals surface area contributed by atoms with Crippen molar-refractivity contribution in [1.82, 2.24) is 4.90 Å². The Morgan fingerprint density at radius 3 is 2.64 bits per heavy atom. The Kier molecular flexibility index (Phi) is 7.67. The van der Waals surface area contributed by atoms with Crippen molar-refractivity contribution in [2.45, 2.75) is 51.0 Å². The van der Waals surface area contributed by atoms with Gasteiger partial charge in [0.2, 0.25) is 11.8 Å². The van der Waals surface area contributed by atoms with Crippen LogP contribution in [0.1, 0.15) is 44.1 Å². The summed E-state index contributed by atoms with van der Waals surface area (Å²) in [6.07, 6.45) is 6.46. The predicted molar refractivity (Wildman–Crippen MR) is 97.7 cm³/mol. The van der Waals surface area contributed by atoms with Gasteiger partial charge in [-0.3, -0.25) is 9.59 Å². The van der Waals surface area contributed by atoms with Crippen LogP contribution in [0, 0.1) is 0 Å². The Morgan fingerprint density at radius 2 is 1.92 bits per heavy atom. The highest BCUT2D eigenvalue weighted by Crippen LogP contribution is 2.18. The summed E-state index contributed by atoms with van der Waals surface area (Å²) >= 11 is 0. The fraction of sp³-hybridized carbons (Fsp3) is 0.500. The first-order valence-corrected chi connectivity index (χ1v) is 9.07. The summed E-state index contributed by atoms with van der Waals surface area (Å²) in [7, 11) is 0. The smallest absolute Gasteiger partial charge is 0.249 e. The van der Waals surface area contributed by atoms with Gasteiger partial charge in [-0.2, -0.15) is 0 Å². The van der Waals surface area contributed by atoms with Gasteiger partial charge < -0.3 is 15.7 Å². The van der Waals surface area contributed by atoms with Gasteiger partial charge in [-0.05, 0) is 44.1 Å². The summed E-state index contributed by atoms with van der Waals surface area (Å²) in [5.41, 5.74) is 7.09. The molecule has 1 heterocycles. The maximum atomic E-state index is 12.5. The quantitative estimate of drug-likeness (QED) is 0.638. The Balaban J connectivity index is 1.67. The lowest BCUT2D eigenvalue weighted by Crippen LogP contribution is -2.37. The van der Waals surface area contributed by atoms with Gasteiger partial charge in [0.15, 0.2) is 0 Å². The van der Waals surface area contributed by atoms with Crippen molar-refractivity contribution in [3.05, 3.63) is 47.5 Å². The molecule has 5 nitrogen and oxygen atoms in total. The zero-order valence-electron chi connectivity index (χ0n) is 14.7. The zero-order valence-corrected chi connectivity index (χ0v) is 14.7. The molecule has 1 aliphatic heterocycles. The standard InChI is InChI=1S/C20H28N2O3/c21-19(24)18(23)13-12-17-11-7-15-22(20(17)25)14-6-2-5-10-16-8-3-1-4-9-16/h1,3-4,8-9,11,18,23H,2,5-7,10,12-15H2,(H2,21,24). The number of carbonyl (C=O) groups excluding carboxylic acids is 2. The fourth-order valence-corrected chi connectivity index (χ4v) is 3.10. The molecule has 1 unspecified atom stereocenters. The highest BCUT2D eigenvalue weighted by molar-refractivity contribution is 5.94. The third-order valence-electron chi connectivity index (χ3n) is 4.60. The lowest BCUT2D eigenvalue weighted by molar-refractivity contribution is -0.129. The first-order valence-electron chi connectivity index (χ1n) is 9.07. The van der Waals surface area contributed by atoms with Crippen LogP contribution in [0.4, 0.5) is 0 Å². The summed E-state index contributed by atoms with van der Waals surface area (Å²) in [4.78, 5) is 25.2. The molecule has 1 aromatic rings. The summed E-state index contributed by atoms with van der Waals surface area (Å²) in [5.74, 6) is -0.704. The van der Waals surface area contributed by atoms with Crippen LogP contribution in [0.2, 0.25) is 0 Å². The zero-order chi connectivity index (χ0) is 18.1. The van der Waals surface area contributed by atoms with Gasteiger partial charge in [-0.25, -0.2) is 0 Å². The minimum absolute atomic E-state index is 0.0333. The number of nitrogens with zero attached hydrogens (tertiary/aromatic N) is 1. The second kappa shape index (κ2) is 9.99. The minimum atomic E-state index is -1.18. The van der Waals surface area contributed by atoms with Crippen LogP contribution in [0.3, 0.4) is 0 Å². The summed E-state index contributed by atoms with van der Waals surface area (Å²) < 4.78 is 0. The molecule has 0 saturated carbocycles. The molecule has 0 aromatic heterocycles. The molecular formula is C20H28N2O3. The monoisotopic (exact) mass is 344 g/mol. The van der Waals surface area contributed by atoms with Crippen LogP contribution < -0.4 is 5.73 Å². The van der Waals surface area contributed by atoms with Gasteiger partial charge in [-0.15, -0.1) is 0 Å². The number of amides is 2. The van der Waals surface area contributed by atoms with Crippen LogP contribution in [0.5, 0.6) is 0 Å². The topological polar surface area (TPSA) is 83.6 Å². The molecule has 2 rings (SSSR count). The first-order chi connectivity index (χ1) is 12.1. The predicted octanol–water partition coefficient (Wildman–Crippen LogP) is 2.18. The number of hydrogen-bond donors (Lipinski definition) is 2. The number of carbonyl (C=O) groups is 2. The third kappa shape index (κ3) is 6.35. The van der Waals surface area contributed by atoms with E-state index in [1.807, 2.05) is 17.0 Å². The number of nitrogens with two attached hydrogens (primary N) is 1. The maximum absolute atomic E-state index is 12.5. The Labute approximate surface area is 149 Å². The van der Waals surface area contributed by atoms with Gasteiger partial charge in [0, 0.05) is 18.7 Å². The van der Waals surface area contributed by atoms with Crippen LogP contribution in [0.25, 0.3) is 0 Å². The van der Waals surface area contributed by atoms with Crippen LogP contribution in [-0.2, 0) is 16.0 Å². The Hall–Kier alpha value is -2.14. The minimum Gasteiger partial charge on any atom is -0.383 e. The number of aliphatic hydroxyl groups is 1. The molecule has 136 valence electrons. The van der Waals surface area contributed by atoms with Gasteiger partial charge in [0.25, 0.3) is 0 Å². The molecule has 0 radical (unpaired) electrons. The van der Waals surface area contributed by atoms with E-state index in [9.17, 15) is 14.7 Å². The largest absolute Gasteiger partial charge is 0.383 e. The average Bonchev–Trinajstić information content (AvgIpc) is 2.62. The third-order valence-corrected chi connectivity index (χ3v) is 4.60. The van der Waals surface area contributed by atoms with E-state index in [1.165, 1.54) is 5.56 Å². The molecule has 0 bridgehead atoms. The normalized spacial score (nSPS) is 15.8. The number of aliphatic hydroxyl groups excluding tert-OH is 1. The Bertz CT molecular complexity index is 598. The molecule has 25 heavy (non-hydrogen) atoms. The second-order valence-corrected chi connectivity index (χ2v) is 6.56. The van der Waals surface area contributed by atoms with Crippen molar-refractivity contribution in [1.29, 1.82) is 0 Å². The van der Waals surface area contributed by atoms with Crippen molar-refractivity contribution in [3.8, 4) is 0 Å². The molecule has 2 amide bonds. The van der Waals surface area contributed by atoms with Crippen LogP contribution >= 0.6 is 0 Å². The summed E-state index contributed by atoms with van der Waals surface area (Å²) in [5, 5.41) is 9.48. The molecule has 1 aromatic carbocycles. The molecule has 0 saturated heterocycles. The number of primary amides is 1. The van der Waals surface area contributed by atoms with Gasteiger partial charge >= 0.3 is 0 Å². The van der Waals surface area contributed by atoms with E-state index in [2.05, 4.69) is 24.3 Å². The van der Waals surface area contributed by atoms with Crippen molar-refractivity contribution in [3.63, 3.8) is 0 Å². The summed E-state index contributed by atoms with van der Waals surface area (Å²) in [6, 6.07) is 10.4. The highest BCUT2D eigenvalue weighted by atomic mass is 16.3. The molecular weight excluding hydrogens is 316 g/mol. The van der Waals surface area contributed by atoms with Crippen molar-refractivity contribution < 1.29 is 14.7 Å². The molecule has 0 aliphatic carbocycles. The van der Waals surface area contributed by atoms with Crippen molar-refractivity contribution in [2.24, 2.45) is 5.73 Å². The number of hydrogen-bond acceptors (Lipinski definition) is 3. The van der Waals surface area contributed by atoms with Crippen LogP contribution in [-0.4, -0.2) is 41.0 Å². The van der Waals surface area contributed by atoms with E-state index in [0.717, 1.165) is 45.2 Å². The lowest BCUT2D eigenvalue weighted by Gasteiger charge is -2.27. The van der Waals surface area contributed by atoms with E-state index in [-0.39, 0.29) is 12.3 Å². The van der Waals surface area contributed by atoms with E-state index in [4.69, 9.17) is 5.73 Å². The Morgan fingerprint density at radius 1 is 1.16 bits per heavy atom. The van der Waals surface area contributed by atoms with E-state index in [1.54, 1.807) is 0 Å². The molecule has 0 fully saturated rings. The van der Waals surface area contributed by atoms with Gasteiger partial charge in [0.1, 0.15) is 6.10 Å². The number of unbranched alkanes of at least 4 members (excludes halogenated alkanes) is 2.